The van der Waals surface area contributed by atoms with Gasteiger partial charge in [-0.2, -0.15) is 0 Å². The Kier molecular flexibility index (Phi) is 7.01. The number of hydrogen-bond acceptors (Lipinski definition) is 6. The molecule has 0 saturated carbocycles. The average Bonchev–Trinajstić information content (AvgIpc) is 3.46. The van der Waals surface area contributed by atoms with Crippen molar-refractivity contribution in [3.8, 4) is 11.5 Å². The average molecular weight is 462 g/mol. The molecule has 0 spiro atoms. The largest absolute Gasteiger partial charge is 0.507 e. The van der Waals surface area contributed by atoms with E-state index in [1.165, 1.54) is 11.2 Å². The number of amides is 1. The molecule has 7 heteroatoms. The Balaban J connectivity index is 1.85. The molecule has 7 nitrogen and oxygen atoms in total. The normalized spacial score (nSPS) is 17.2. The molecule has 2 aromatic carbocycles. The number of Topliss-reactive ketones (excluding diaryl/α,β-unsaturated/α-hetero) is 1. The number of carbonyl (C=O) groups is 2. The van der Waals surface area contributed by atoms with Crippen LogP contribution >= 0.6 is 0 Å². The van der Waals surface area contributed by atoms with E-state index in [1.54, 1.807) is 54.6 Å². The van der Waals surface area contributed by atoms with Gasteiger partial charge in [-0.15, -0.1) is 0 Å². The standard InChI is InChI=1S/C27H27NO6/c1-3-14-34-21-13-12-19(16-22(21)32-4-2)24-23(25(29)18-9-6-5-7-10-18)26(30)27(31)28(24)17-20-11-8-15-33-20/h5-13,15-16,24,29H,3-4,14,17H2,1-2H3/b25-23+. The van der Waals surface area contributed by atoms with Crippen molar-refractivity contribution in [1.82, 2.24) is 4.90 Å². The van der Waals surface area contributed by atoms with Crippen molar-refractivity contribution >= 4 is 17.4 Å². The Hall–Kier alpha value is -4.00. The fraction of sp³-hybridized carbons (Fsp3) is 0.259. The van der Waals surface area contributed by atoms with Gasteiger partial charge in [-0.1, -0.05) is 43.3 Å². The molecule has 1 saturated heterocycles. The van der Waals surface area contributed by atoms with Crippen LogP contribution in [0.15, 0.2) is 76.9 Å². The van der Waals surface area contributed by atoms with Crippen LogP contribution < -0.4 is 9.47 Å². The zero-order valence-corrected chi connectivity index (χ0v) is 19.2. The van der Waals surface area contributed by atoms with Crippen LogP contribution in [0.1, 0.15) is 43.2 Å². The highest BCUT2D eigenvalue weighted by Crippen LogP contribution is 2.42. The summed E-state index contributed by atoms with van der Waals surface area (Å²) in [6.07, 6.45) is 2.35. The van der Waals surface area contributed by atoms with Crippen molar-refractivity contribution in [1.29, 1.82) is 0 Å². The highest BCUT2D eigenvalue weighted by Gasteiger charge is 2.46. The maximum absolute atomic E-state index is 13.2. The number of aliphatic hydroxyl groups is 1. The minimum atomic E-state index is -0.829. The van der Waals surface area contributed by atoms with Crippen molar-refractivity contribution in [2.45, 2.75) is 32.9 Å². The molecular formula is C27H27NO6. The van der Waals surface area contributed by atoms with Gasteiger partial charge in [0.1, 0.15) is 11.5 Å². The molecule has 1 atom stereocenters. The van der Waals surface area contributed by atoms with Gasteiger partial charge in [0.05, 0.1) is 37.6 Å². The summed E-state index contributed by atoms with van der Waals surface area (Å²) in [7, 11) is 0. The molecule has 1 aromatic heterocycles. The van der Waals surface area contributed by atoms with Gasteiger partial charge >= 0.3 is 0 Å². The Morgan fingerprint density at radius 1 is 1.00 bits per heavy atom. The van der Waals surface area contributed by atoms with Crippen molar-refractivity contribution in [3.63, 3.8) is 0 Å². The van der Waals surface area contributed by atoms with Crippen LogP contribution in [0.3, 0.4) is 0 Å². The molecule has 176 valence electrons. The SMILES string of the molecule is CCCOc1ccc(C2/C(=C(\O)c3ccccc3)C(=O)C(=O)N2Cc2ccco2)cc1OCC. The molecule has 3 aromatic rings. The first-order valence-corrected chi connectivity index (χ1v) is 11.3. The van der Waals surface area contributed by atoms with Crippen LogP contribution in [0.25, 0.3) is 5.76 Å². The number of rotatable bonds is 9. The minimum absolute atomic E-state index is 0.0208. The number of furan rings is 1. The summed E-state index contributed by atoms with van der Waals surface area (Å²) in [5.41, 5.74) is 1.10. The van der Waals surface area contributed by atoms with Gasteiger partial charge in [-0.25, -0.2) is 0 Å². The number of aliphatic hydroxyl groups excluding tert-OH is 1. The molecule has 1 N–H and O–H groups in total. The van der Waals surface area contributed by atoms with E-state index in [2.05, 4.69) is 0 Å². The zero-order chi connectivity index (χ0) is 24.1. The van der Waals surface area contributed by atoms with Crippen molar-refractivity contribution in [2.75, 3.05) is 13.2 Å². The van der Waals surface area contributed by atoms with Crippen molar-refractivity contribution in [3.05, 3.63) is 89.4 Å². The summed E-state index contributed by atoms with van der Waals surface area (Å²) in [4.78, 5) is 27.7. The number of carbonyl (C=O) groups excluding carboxylic acids is 2. The van der Waals surface area contributed by atoms with Gasteiger partial charge in [0.25, 0.3) is 11.7 Å². The summed E-state index contributed by atoms with van der Waals surface area (Å²) < 4.78 is 17.0. The molecule has 34 heavy (non-hydrogen) atoms. The first-order valence-electron chi connectivity index (χ1n) is 11.3. The van der Waals surface area contributed by atoms with Gasteiger partial charge in [0.15, 0.2) is 11.5 Å². The van der Waals surface area contributed by atoms with Crippen molar-refractivity contribution < 1.29 is 28.6 Å². The van der Waals surface area contributed by atoms with E-state index in [0.717, 1.165) is 6.42 Å². The fourth-order valence-corrected chi connectivity index (χ4v) is 4.01. The summed E-state index contributed by atoms with van der Waals surface area (Å²) in [6.45, 7) is 4.91. The van der Waals surface area contributed by atoms with E-state index in [-0.39, 0.29) is 17.9 Å². The number of nitrogens with zero attached hydrogens (tertiary/aromatic N) is 1. The maximum atomic E-state index is 13.2. The quantitative estimate of drug-likeness (QED) is 0.271. The summed E-state index contributed by atoms with van der Waals surface area (Å²) in [5, 5.41) is 11.1. The highest BCUT2D eigenvalue weighted by atomic mass is 16.5. The van der Waals surface area contributed by atoms with E-state index >= 15 is 0 Å². The van der Waals surface area contributed by atoms with Crippen LogP contribution in [0.5, 0.6) is 11.5 Å². The second-order valence-corrected chi connectivity index (χ2v) is 7.86. The van der Waals surface area contributed by atoms with E-state index in [9.17, 15) is 14.7 Å². The smallest absolute Gasteiger partial charge is 0.296 e. The minimum Gasteiger partial charge on any atom is -0.507 e. The molecule has 0 radical (unpaired) electrons. The third-order valence-corrected chi connectivity index (χ3v) is 5.54. The van der Waals surface area contributed by atoms with Gasteiger partial charge in [0.2, 0.25) is 0 Å². The number of likely N-dealkylation sites (tertiary alicyclic amines) is 1. The fourth-order valence-electron chi connectivity index (χ4n) is 4.01. The van der Waals surface area contributed by atoms with E-state index < -0.39 is 17.7 Å². The van der Waals surface area contributed by atoms with Gasteiger partial charge in [-0.3, -0.25) is 9.59 Å². The lowest BCUT2D eigenvalue weighted by Gasteiger charge is -2.25. The number of ether oxygens (including phenoxy) is 2. The molecular weight excluding hydrogens is 434 g/mol. The number of hydrogen-bond donors (Lipinski definition) is 1. The predicted octanol–water partition coefficient (Wildman–Crippen LogP) is 5.09. The third-order valence-electron chi connectivity index (χ3n) is 5.54. The summed E-state index contributed by atoms with van der Waals surface area (Å²) in [5.74, 6) is -0.0599. The molecule has 2 heterocycles. The third kappa shape index (κ3) is 4.55. The highest BCUT2D eigenvalue weighted by molar-refractivity contribution is 6.46. The second kappa shape index (κ2) is 10.3. The Bertz CT molecular complexity index is 1180. The summed E-state index contributed by atoms with van der Waals surface area (Å²) in [6, 6.07) is 16.7. The molecule has 1 fully saturated rings. The Morgan fingerprint density at radius 3 is 2.47 bits per heavy atom. The first-order chi connectivity index (χ1) is 16.5. The second-order valence-electron chi connectivity index (χ2n) is 7.86. The topological polar surface area (TPSA) is 89.2 Å². The molecule has 4 rings (SSSR count). The van der Waals surface area contributed by atoms with Crippen molar-refractivity contribution in [2.24, 2.45) is 0 Å². The van der Waals surface area contributed by atoms with Crippen LogP contribution in [-0.4, -0.2) is 34.9 Å². The molecule has 1 unspecified atom stereocenters. The molecule has 1 aliphatic rings. The lowest BCUT2D eigenvalue weighted by atomic mass is 9.95. The maximum Gasteiger partial charge on any atom is 0.296 e. The predicted molar refractivity (Wildman–Crippen MR) is 126 cm³/mol. The Labute approximate surface area is 198 Å². The molecule has 0 bridgehead atoms. The van der Waals surface area contributed by atoms with Crippen LogP contribution in [0.2, 0.25) is 0 Å². The number of ketones is 1. The Morgan fingerprint density at radius 2 is 1.79 bits per heavy atom. The number of benzene rings is 2. The zero-order valence-electron chi connectivity index (χ0n) is 19.2. The molecule has 1 aliphatic heterocycles. The summed E-state index contributed by atoms with van der Waals surface area (Å²) >= 11 is 0. The van der Waals surface area contributed by atoms with E-state index in [0.29, 0.717) is 41.6 Å². The molecule has 0 aliphatic carbocycles. The lowest BCUT2D eigenvalue weighted by molar-refractivity contribution is -0.140. The van der Waals surface area contributed by atoms with Gasteiger partial charge in [0, 0.05) is 5.56 Å². The van der Waals surface area contributed by atoms with Crippen LogP contribution in [0, 0.1) is 0 Å². The van der Waals surface area contributed by atoms with E-state index in [4.69, 9.17) is 13.9 Å². The van der Waals surface area contributed by atoms with Gasteiger partial charge < -0.3 is 23.9 Å². The van der Waals surface area contributed by atoms with E-state index in [1.807, 2.05) is 19.9 Å². The van der Waals surface area contributed by atoms with Crippen LogP contribution in [-0.2, 0) is 16.1 Å². The monoisotopic (exact) mass is 461 g/mol. The van der Waals surface area contributed by atoms with Crippen LogP contribution in [0.4, 0.5) is 0 Å². The molecule has 1 amide bonds. The first kappa shape index (κ1) is 23.2. The van der Waals surface area contributed by atoms with Gasteiger partial charge in [-0.05, 0) is 43.2 Å². The lowest BCUT2D eigenvalue weighted by Crippen LogP contribution is -2.29.